The van der Waals surface area contributed by atoms with Gasteiger partial charge in [-0.05, 0) is 37.3 Å². The van der Waals surface area contributed by atoms with Crippen molar-refractivity contribution in [2.75, 3.05) is 6.54 Å². The Bertz CT molecular complexity index is 756. The third-order valence-corrected chi connectivity index (χ3v) is 5.16. The minimum Gasteiger partial charge on any atom is -0.354 e. The van der Waals surface area contributed by atoms with Crippen LogP contribution in [0.2, 0.25) is 0 Å². The van der Waals surface area contributed by atoms with Crippen LogP contribution in [0, 0.1) is 6.92 Å². The molecule has 0 fully saturated rings. The van der Waals surface area contributed by atoms with Gasteiger partial charge in [0.05, 0.1) is 0 Å². The average molecular weight is 395 g/mol. The van der Waals surface area contributed by atoms with E-state index in [4.69, 9.17) is 0 Å². The van der Waals surface area contributed by atoms with Crippen molar-refractivity contribution in [2.24, 2.45) is 0 Å². The number of unbranched alkanes of at least 4 members (excludes halogenated alkanes) is 1. The maximum atomic E-state index is 13.2. The molecule has 1 N–H and O–H groups in total. The lowest BCUT2D eigenvalue weighted by Crippen LogP contribution is -2.49. The number of amides is 2. The first-order valence-electron chi connectivity index (χ1n) is 10.7. The minimum atomic E-state index is -0.448. The fourth-order valence-corrected chi connectivity index (χ4v) is 3.36. The van der Waals surface area contributed by atoms with Crippen LogP contribution >= 0.6 is 0 Å². The molecule has 0 radical (unpaired) electrons. The highest BCUT2D eigenvalue weighted by atomic mass is 16.2. The summed E-state index contributed by atoms with van der Waals surface area (Å²) < 4.78 is 0. The number of aryl methyl sites for hydroxylation is 2. The molecule has 29 heavy (non-hydrogen) atoms. The number of carbonyl (C=O) groups is 2. The van der Waals surface area contributed by atoms with Gasteiger partial charge in [0.25, 0.3) is 0 Å². The largest absolute Gasteiger partial charge is 0.354 e. The van der Waals surface area contributed by atoms with Crippen LogP contribution in [0.1, 0.15) is 56.2 Å². The maximum Gasteiger partial charge on any atom is 0.242 e. The zero-order valence-electron chi connectivity index (χ0n) is 18.0. The molecular weight excluding hydrogens is 360 g/mol. The Hall–Kier alpha value is -2.62. The van der Waals surface area contributed by atoms with Gasteiger partial charge in [-0.15, -0.1) is 0 Å². The van der Waals surface area contributed by atoms with E-state index in [-0.39, 0.29) is 11.8 Å². The summed E-state index contributed by atoms with van der Waals surface area (Å²) in [5.74, 6) is -0.0342. The van der Waals surface area contributed by atoms with Gasteiger partial charge in [0.2, 0.25) is 11.8 Å². The lowest BCUT2D eigenvalue weighted by Gasteiger charge is -2.31. The van der Waals surface area contributed by atoms with Crippen molar-refractivity contribution in [3.63, 3.8) is 0 Å². The zero-order chi connectivity index (χ0) is 21.1. The van der Waals surface area contributed by atoms with Crippen molar-refractivity contribution in [2.45, 2.75) is 65.5 Å². The Morgan fingerprint density at radius 3 is 2.28 bits per heavy atom. The fourth-order valence-electron chi connectivity index (χ4n) is 3.36. The molecule has 0 bridgehead atoms. The minimum absolute atomic E-state index is 0.0203. The summed E-state index contributed by atoms with van der Waals surface area (Å²) in [6.07, 6.45) is 3.65. The SMILES string of the molecule is CCCCNC(=O)C(CC)N(Cc1ccc(C)cc1)C(=O)CCc1ccccc1. The first-order chi connectivity index (χ1) is 14.0. The van der Waals surface area contributed by atoms with Crippen molar-refractivity contribution in [3.8, 4) is 0 Å². The highest BCUT2D eigenvalue weighted by Crippen LogP contribution is 2.16. The van der Waals surface area contributed by atoms with Gasteiger partial charge >= 0.3 is 0 Å². The molecule has 0 aliphatic carbocycles. The average Bonchev–Trinajstić information content (AvgIpc) is 2.74. The molecule has 156 valence electrons. The third kappa shape index (κ3) is 7.37. The number of benzene rings is 2. The maximum absolute atomic E-state index is 13.2. The molecule has 4 heteroatoms. The molecule has 0 spiro atoms. The second-order valence-electron chi connectivity index (χ2n) is 7.56. The predicted molar refractivity (Wildman–Crippen MR) is 118 cm³/mol. The van der Waals surface area contributed by atoms with Gasteiger partial charge in [0.1, 0.15) is 6.04 Å². The van der Waals surface area contributed by atoms with Crippen LogP contribution in [0.5, 0.6) is 0 Å². The van der Waals surface area contributed by atoms with Crippen LogP contribution in [-0.4, -0.2) is 29.3 Å². The second-order valence-corrected chi connectivity index (χ2v) is 7.56. The van der Waals surface area contributed by atoms with E-state index in [0.717, 1.165) is 24.0 Å². The van der Waals surface area contributed by atoms with Gasteiger partial charge in [-0.1, -0.05) is 80.4 Å². The molecule has 2 rings (SSSR count). The molecule has 2 aromatic rings. The van der Waals surface area contributed by atoms with E-state index in [0.29, 0.717) is 32.4 Å². The first kappa shape index (κ1) is 22.7. The van der Waals surface area contributed by atoms with Gasteiger partial charge < -0.3 is 10.2 Å². The van der Waals surface area contributed by atoms with Crippen molar-refractivity contribution >= 4 is 11.8 Å². The second kappa shape index (κ2) is 12.1. The lowest BCUT2D eigenvalue weighted by atomic mass is 10.1. The van der Waals surface area contributed by atoms with Gasteiger partial charge in [0.15, 0.2) is 0 Å². The number of hydrogen-bond acceptors (Lipinski definition) is 2. The number of nitrogens with one attached hydrogen (secondary N) is 1. The van der Waals surface area contributed by atoms with E-state index in [1.54, 1.807) is 4.90 Å². The molecule has 0 aromatic heterocycles. The van der Waals surface area contributed by atoms with E-state index in [1.165, 1.54) is 5.56 Å². The molecule has 0 heterocycles. The van der Waals surface area contributed by atoms with E-state index in [2.05, 4.69) is 12.2 Å². The normalized spacial score (nSPS) is 11.7. The molecule has 2 aromatic carbocycles. The van der Waals surface area contributed by atoms with Crippen LogP contribution in [0.3, 0.4) is 0 Å². The molecular formula is C25H34N2O2. The van der Waals surface area contributed by atoms with Crippen LogP contribution in [0.4, 0.5) is 0 Å². The Balaban J connectivity index is 2.14. The molecule has 1 atom stereocenters. The quantitative estimate of drug-likeness (QED) is 0.564. The Kier molecular flexibility index (Phi) is 9.42. The molecule has 0 aliphatic heterocycles. The summed E-state index contributed by atoms with van der Waals surface area (Å²) in [4.78, 5) is 27.7. The Morgan fingerprint density at radius 1 is 0.966 bits per heavy atom. The summed E-state index contributed by atoms with van der Waals surface area (Å²) in [6, 6.07) is 17.7. The van der Waals surface area contributed by atoms with E-state index in [1.807, 2.05) is 68.4 Å². The molecule has 0 saturated heterocycles. The summed E-state index contributed by atoms with van der Waals surface area (Å²) >= 11 is 0. The molecule has 1 unspecified atom stereocenters. The standard InChI is InChI=1S/C25H34N2O2/c1-4-6-18-26-25(29)23(5-2)27(19-22-14-12-20(3)13-15-22)24(28)17-16-21-10-8-7-9-11-21/h7-15,23H,4-6,16-19H2,1-3H3,(H,26,29). The topological polar surface area (TPSA) is 49.4 Å². The van der Waals surface area contributed by atoms with Gasteiger partial charge in [-0.2, -0.15) is 0 Å². The van der Waals surface area contributed by atoms with Crippen molar-refractivity contribution < 1.29 is 9.59 Å². The molecule has 4 nitrogen and oxygen atoms in total. The van der Waals surface area contributed by atoms with Crippen molar-refractivity contribution in [3.05, 3.63) is 71.3 Å². The van der Waals surface area contributed by atoms with Crippen LogP contribution in [-0.2, 0) is 22.6 Å². The van der Waals surface area contributed by atoms with Crippen LogP contribution in [0.25, 0.3) is 0 Å². The zero-order valence-corrected chi connectivity index (χ0v) is 18.0. The highest BCUT2D eigenvalue weighted by Gasteiger charge is 2.28. The third-order valence-electron chi connectivity index (χ3n) is 5.16. The molecule has 0 saturated carbocycles. The van der Waals surface area contributed by atoms with E-state index >= 15 is 0 Å². The van der Waals surface area contributed by atoms with Crippen LogP contribution < -0.4 is 5.32 Å². The summed E-state index contributed by atoms with van der Waals surface area (Å²) in [6.45, 7) is 7.22. The van der Waals surface area contributed by atoms with Crippen molar-refractivity contribution in [1.82, 2.24) is 10.2 Å². The van der Waals surface area contributed by atoms with E-state index < -0.39 is 6.04 Å². The number of nitrogens with zero attached hydrogens (tertiary/aromatic N) is 1. The van der Waals surface area contributed by atoms with Crippen LogP contribution in [0.15, 0.2) is 54.6 Å². The van der Waals surface area contributed by atoms with Gasteiger partial charge in [-0.25, -0.2) is 0 Å². The summed E-state index contributed by atoms with van der Waals surface area (Å²) in [5, 5.41) is 3.01. The smallest absolute Gasteiger partial charge is 0.242 e. The number of carbonyl (C=O) groups excluding carboxylic acids is 2. The fraction of sp³-hybridized carbons (Fsp3) is 0.440. The van der Waals surface area contributed by atoms with E-state index in [9.17, 15) is 9.59 Å². The predicted octanol–water partition coefficient (Wildman–Crippen LogP) is 4.65. The first-order valence-corrected chi connectivity index (χ1v) is 10.7. The van der Waals surface area contributed by atoms with Gasteiger partial charge in [0, 0.05) is 19.5 Å². The molecule has 2 amide bonds. The number of hydrogen-bond donors (Lipinski definition) is 1. The lowest BCUT2D eigenvalue weighted by molar-refractivity contribution is -0.141. The number of rotatable bonds is 11. The monoisotopic (exact) mass is 394 g/mol. The Morgan fingerprint density at radius 2 is 1.66 bits per heavy atom. The summed E-state index contributed by atoms with van der Waals surface area (Å²) in [7, 11) is 0. The molecule has 0 aliphatic rings. The highest BCUT2D eigenvalue weighted by molar-refractivity contribution is 5.87. The summed E-state index contributed by atoms with van der Waals surface area (Å²) in [5.41, 5.74) is 3.36. The Labute approximate surface area is 175 Å². The van der Waals surface area contributed by atoms with Gasteiger partial charge in [-0.3, -0.25) is 9.59 Å². The van der Waals surface area contributed by atoms with Crippen molar-refractivity contribution in [1.29, 1.82) is 0 Å².